The third-order valence-corrected chi connectivity index (χ3v) is 9.89. The third kappa shape index (κ3) is 11.0. The second-order valence-electron chi connectivity index (χ2n) is 14.2. The molecule has 0 atom stereocenters. The Morgan fingerprint density at radius 3 is 0.937 bits per heavy atom. The lowest BCUT2D eigenvalue weighted by molar-refractivity contribution is -0.308. The van der Waals surface area contributed by atoms with Crippen molar-refractivity contribution >= 4 is 55.1 Å². The molecule has 63 heavy (non-hydrogen) atoms. The largest absolute Gasteiger partial charge is 0.353 e. The van der Waals surface area contributed by atoms with Gasteiger partial charge in [-0.15, -0.1) is 0 Å². The molecule has 5 heterocycles. The molecule has 330 valence electrons. The number of aromatic nitrogens is 8. The smallest absolute Gasteiger partial charge is 0.222 e. The van der Waals surface area contributed by atoms with Gasteiger partial charge in [-0.25, -0.2) is 29.9 Å². The van der Waals surface area contributed by atoms with Crippen LogP contribution in [0.3, 0.4) is 0 Å². The van der Waals surface area contributed by atoms with Gasteiger partial charge >= 0.3 is 0 Å². The zero-order valence-corrected chi connectivity index (χ0v) is 33.6. The highest BCUT2D eigenvalue weighted by atomic mass is 28.1. The lowest BCUT2D eigenvalue weighted by Gasteiger charge is -2.21. The number of H-pyrrole nitrogens is 2. The summed E-state index contributed by atoms with van der Waals surface area (Å²) in [4.78, 5) is 36.8. The Morgan fingerprint density at radius 2 is 0.698 bits per heavy atom. The fraction of sp³-hybridized carbons (Fsp3) is 0.238. The van der Waals surface area contributed by atoms with Gasteiger partial charge in [-0.05, 0) is 11.0 Å². The van der Waals surface area contributed by atoms with Crippen LogP contribution < -0.4 is 10.6 Å². The molecule has 20 nitrogen and oxygen atoms in total. The van der Waals surface area contributed by atoms with Crippen LogP contribution in [-0.4, -0.2) is 141 Å². The minimum atomic E-state index is -1.92. The van der Waals surface area contributed by atoms with Crippen molar-refractivity contribution in [2.75, 3.05) is 26.2 Å². The van der Waals surface area contributed by atoms with Crippen LogP contribution in [0, 0.1) is 0 Å². The van der Waals surface area contributed by atoms with Crippen LogP contribution >= 0.6 is 0 Å². The van der Waals surface area contributed by atoms with Crippen LogP contribution in [-0.2, 0) is 0 Å². The molecule has 21 heteroatoms. The monoisotopic (exact) mass is 878 g/mol. The summed E-state index contributed by atoms with van der Waals surface area (Å²) in [7, 11) is 0. The molecule has 7 aromatic rings. The van der Waals surface area contributed by atoms with Gasteiger partial charge in [0.2, 0.25) is 11.8 Å². The number of rotatable bonds is 10. The zero-order valence-electron chi connectivity index (χ0n) is 33.6. The lowest BCUT2D eigenvalue weighted by Crippen LogP contribution is -2.46. The molecule has 0 saturated carbocycles. The summed E-state index contributed by atoms with van der Waals surface area (Å²) in [5.41, 5.74) is 6.45. The molecule has 0 amide bonds. The maximum Gasteiger partial charge on any atom is 0.222 e. The molecule has 12 N–H and O–H groups in total. The van der Waals surface area contributed by atoms with Crippen molar-refractivity contribution in [2.45, 2.75) is 38.5 Å². The summed E-state index contributed by atoms with van der Waals surface area (Å²) < 4.78 is 0. The second-order valence-corrected chi connectivity index (χ2v) is 14.2. The topological polar surface area (TPSA) is 301 Å². The van der Waals surface area contributed by atoms with Crippen molar-refractivity contribution in [3.05, 3.63) is 97.1 Å². The maximum absolute atomic E-state index is 8.90. The van der Waals surface area contributed by atoms with E-state index in [2.05, 4.69) is 20.6 Å². The fourth-order valence-electron chi connectivity index (χ4n) is 6.55. The summed E-state index contributed by atoms with van der Waals surface area (Å²) >= 11 is 0. The molecule has 8 bridgehead atoms. The SMILES string of the molecule is CCC(O)(O)NCCN(O)O.CCC(O)(O)NCCN(O)O.[SiH4].c1ccc2c(c1)-c1nc-2nc2[nH]c(nc3nc(nc4[nH]c(n1)c1ccccc41)-c1ccccc1-3)c1ccccc21. The quantitative estimate of drug-likeness (QED) is 0.0534. The van der Waals surface area contributed by atoms with Crippen LogP contribution in [0.15, 0.2) is 97.1 Å². The summed E-state index contributed by atoms with van der Waals surface area (Å²) in [6.45, 7) is 3.14. The first-order valence-corrected chi connectivity index (χ1v) is 19.6. The second kappa shape index (κ2) is 20.0. The minimum absolute atomic E-state index is 0. The van der Waals surface area contributed by atoms with Crippen LogP contribution in [0.25, 0.3) is 89.7 Å². The molecular weight excluding hydrogens is 829 g/mol. The first kappa shape index (κ1) is 46.5. The average Bonchev–Trinajstić information content (AvgIpc) is 4.00. The lowest BCUT2D eigenvalue weighted by atomic mass is 10.1. The number of aliphatic hydroxyl groups is 4. The summed E-state index contributed by atoms with van der Waals surface area (Å²) in [6.07, 6.45) is 0.258. The Labute approximate surface area is 363 Å². The van der Waals surface area contributed by atoms with Gasteiger partial charge in [0.1, 0.15) is 22.6 Å². The van der Waals surface area contributed by atoms with E-state index in [4.69, 9.17) is 71.2 Å². The van der Waals surface area contributed by atoms with E-state index in [0.29, 0.717) is 45.9 Å². The van der Waals surface area contributed by atoms with Crippen LogP contribution in [0.4, 0.5) is 0 Å². The van der Waals surface area contributed by atoms with Gasteiger partial charge in [0.05, 0.1) is 13.1 Å². The normalized spacial score (nSPS) is 12.0. The Hall–Kier alpha value is -6.02. The minimum Gasteiger partial charge on any atom is -0.353 e. The molecule has 9 rings (SSSR count). The van der Waals surface area contributed by atoms with E-state index in [1.807, 2.05) is 97.1 Å². The molecule has 0 aliphatic carbocycles. The van der Waals surface area contributed by atoms with E-state index in [-0.39, 0.29) is 60.4 Å². The van der Waals surface area contributed by atoms with Crippen LogP contribution in [0.5, 0.6) is 0 Å². The van der Waals surface area contributed by atoms with Crippen LogP contribution in [0.2, 0.25) is 0 Å². The summed E-state index contributed by atoms with van der Waals surface area (Å²) in [5.74, 6) is -1.45. The summed E-state index contributed by atoms with van der Waals surface area (Å²) in [5, 5.41) is 76.8. The van der Waals surface area contributed by atoms with E-state index < -0.39 is 11.8 Å². The summed E-state index contributed by atoms with van der Waals surface area (Å²) in [6, 6.07) is 32.2. The van der Waals surface area contributed by atoms with Gasteiger partial charge in [-0.2, -0.15) is 0 Å². The highest BCUT2D eigenvalue weighted by molar-refractivity contribution is 6.06. The third-order valence-electron chi connectivity index (χ3n) is 9.89. The van der Waals surface area contributed by atoms with Crippen molar-refractivity contribution in [2.24, 2.45) is 0 Å². The van der Waals surface area contributed by atoms with E-state index in [0.717, 1.165) is 43.8 Å². The van der Waals surface area contributed by atoms with Gasteiger partial charge in [-0.3, -0.25) is 31.5 Å². The van der Waals surface area contributed by atoms with Gasteiger partial charge in [0, 0.05) is 69.7 Å². The predicted octanol–water partition coefficient (Wildman–Crippen LogP) is 2.83. The molecule has 0 fully saturated rings. The van der Waals surface area contributed by atoms with Crippen molar-refractivity contribution in [3.63, 3.8) is 0 Å². The number of aromatic amines is 2. The van der Waals surface area contributed by atoms with Crippen molar-refractivity contribution < 1.29 is 41.3 Å². The first-order valence-electron chi connectivity index (χ1n) is 19.6. The average molecular weight is 879 g/mol. The standard InChI is InChI=1S/C32H18N8.2C5H14N2O4.H4Si/c1-2-10-18-17(9-1)25-33-26(18)38-28-21-13-5-6-14-22(21)30(35-28)40-32-24-16-8-7-15-23(24)31(36-32)39-29-20-12-4-3-11-19(20)27(34-29)37-25;2*1-2-5(8,9)6-3-4-7(10)11;/h1-16H,(H2,33,34,35,36,37,38,39,40);2*6,8-11H,2-4H2,1H3;1H4. The maximum atomic E-state index is 8.90. The molecule has 2 aliphatic heterocycles. The Kier molecular flexibility index (Phi) is 14.8. The highest BCUT2D eigenvalue weighted by Gasteiger charge is 2.22. The zero-order chi connectivity index (χ0) is 44.0. The number of nitrogens with one attached hydrogen (secondary N) is 4. The van der Waals surface area contributed by atoms with Gasteiger partial charge in [0.15, 0.2) is 23.3 Å². The van der Waals surface area contributed by atoms with E-state index in [9.17, 15) is 0 Å². The highest BCUT2D eigenvalue weighted by Crippen LogP contribution is 2.36. The molecule has 0 spiro atoms. The number of fused-ring (bicyclic) bond motifs is 20. The van der Waals surface area contributed by atoms with Gasteiger partial charge in [0.25, 0.3) is 0 Å². The Balaban J connectivity index is 0.000000240. The number of hydrogen-bond donors (Lipinski definition) is 12. The molecule has 0 radical (unpaired) electrons. The number of hydroxylamine groups is 4. The van der Waals surface area contributed by atoms with Crippen molar-refractivity contribution in [1.29, 1.82) is 0 Å². The van der Waals surface area contributed by atoms with Crippen molar-refractivity contribution in [1.82, 2.24) is 61.0 Å². The molecule has 0 unspecified atom stereocenters. The fourth-order valence-corrected chi connectivity index (χ4v) is 6.55. The molecule has 2 aliphatic rings. The number of hydrogen-bond acceptors (Lipinski definition) is 18. The number of nitrogens with zero attached hydrogens (tertiary/aromatic N) is 8. The van der Waals surface area contributed by atoms with Gasteiger partial charge in [-0.1, -0.05) is 121 Å². The molecule has 0 saturated heterocycles. The van der Waals surface area contributed by atoms with Crippen LogP contribution in [0.1, 0.15) is 26.7 Å². The predicted molar refractivity (Wildman–Crippen MR) is 239 cm³/mol. The Morgan fingerprint density at radius 1 is 0.444 bits per heavy atom. The number of benzene rings is 4. The Bertz CT molecular complexity index is 2510. The van der Waals surface area contributed by atoms with Crippen molar-refractivity contribution in [3.8, 4) is 45.6 Å². The molecule has 4 aromatic carbocycles. The van der Waals surface area contributed by atoms with Gasteiger partial charge < -0.3 is 30.4 Å². The first-order chi connectivity index (χ1) is 29.8. The van der Waals surface area contributed by atoms with E-state index in [1.54, 1.807) is 13.8 Å². The molecular formula is C42H50N12O8Si. The van der Waals surface area contributed by atoms with E-state index in [1.165, 1.54) is 0 Å². The van der Waals surface area contributed by atoms with E-state index >= 15 is 0 Å². The molecule has 3 aromatic heterocycles.